The number of piperidine rings is 1. The third-order valence-corrected chi connectivity index (χ3v) is 5.18. The maximum atomic E-state index is 11.7. The number of nitrogens with zero attached hydrogens (tertiary/aromatic N) is 1. The van der Waals surface area contributed by atoms with Gasteiger partial charge in [0.25, 0.3) is 0 Å². The Bertz CT molecular complexity index is 694. The van der Waals surface area contributed by atoms with Gasteiger partial charge in [-0.3, -0.25) is 4.79 Å². The second kappa shape index (κ2) is 11.7. The molecule has 2 unspecified atom stereocenters. The number of likely N-dealkylation sites (N-methyl/N-ethyl adjacent to an activating group) is 1. The summed E-state index contributed by atoms with van der Waals surface area (Å²) in [6, 6.07) is 0. The summed E-state index contributed by atoms with van der Waals surface area (Å²) in [6.45, 7) is 11.4. The molecule has 2 aliphatic heterocycles. The second-order valence-electron chi connectivity index (χ2n) is 8.20. The van der Waals surface area contributed by atoms with Crippen molar-refractivity contribution in [1.29, 1.82) is 0 Å². The molecule has 2 saturated heterocycles. The Morgan fingerprint density at radius 3 is 2.40 bits per heavy atom. The standard InChI is InChI=1S/C14H21NO.C10H15NO3/c1-4-7-8-10-13(9-5-2)11-12-14(16)15-6-3;1-10(5-13-6-10)14-9(12)11-3-7-2-8(7)4-11/h5,7-12H,4,6H2,1-3H3,(H,15,16);7-8H,2-6H2,1H3/b8-7+,9-5-,12-11+,13-10+;. The van der Waals surface area contributed by atoms with E-state index in [1.165, 1.54) is 6.42 Å². The van der Waals surface area contributed by atoms with E-state index in [1.54, 1.807) is 6.08 Å². The highest BCUT2D eigenvalue weighted by atomic mass is 16.6. The third-order valence-electron chi connectivity index (χ3n) is 5.18. The average Bonchev–Trinajstić information content (AvgIpc) is 3.30. The fraction of sp³-hybridized carbons (Fsp3) is 0.583. The number of carbonyl (C=O) groups excluding carboxylic acids is 2. The Labute approximate surface area is 180 Å². The SMILES string of the molecule is CC1(OC(=O)N2CC3CC3C2)COC1.C\C=C/C(/C=C/C(=O)NCC)=C\C=C\CC. The van der Waals surface area contributed by atoms with Crippen LogP contribution in [-0.4, -0.2) is 55.3 Å². The summed E-state index contributed by atoms with van der Waals surface area (Å²) in [4.78, 5) is 24.7. The quantitative estimate of drug-likeness (QED) is 0.503. The highest BCUT2D eigenvalue weighted by Crippen LogP contribution is 2.45. The largest absolute Gasteiger partial charge is 0.438 e. The average molecular weight is 417 g/mol. The molecule has 166 valence electrons. The minimum Gasteiger partial charge on any atom is -0.438 e. The lowest BCUT2D eigenvalue weighted by atomic mass is 10.1. The van der Waals surface area contributed by atoms with Crippen LogP contribution in [0, 0.1) is 11.8 Å². The smallest absolute Gasteiger partial charge is 0.410 e. The van der Waals surface area contributed by atoms with E-state index < -0.39 is 0 Å². The van der Waals surface area contributed by atoms with E-state index in [0.717, 1.165) is 36.9 Å². The summed E-state index contributed by atoms with van der Waals surface area (Å²) < 4.78 is 10.4. The molecule has 3 rings (SSSR count). The molecule has 1 saturated carbocycles. The van der Waals surface area contributed by atoms with Gasteiger partial charge in [0.1, 0.15) is 0 Å². The topological polar surface area (TPSA) is 67.9 Å². The molecule has 6 nitrogen and oxygen atoms in total. The van der Waals surface area contributed by atoms with Gasteiger partial charge in [0.15, 0.2) is 5.60 Å². The van der Waals surface area contributed by atoms with Crippen LogP contribution in [0.4, 0.5) is 4.79 Å². The first-order valence-corrected chi connectivity index (χ1v) is 10.9. The first-order chi connectivity index (χ1) is 14.4. The second-order valence-corrected chi connectivity index (χ2v) is 8.20. The van der Waals surface area contributed by atoms with E-state index in [2.05, 4.69) is 18.3 Å². The van der Waals surface area contributed by atoms with Gasteiger partial charge in [0.2, 0.25) is 5.91 Å². The number of fused-ring (bicyclic) bond motifs is 1. The van der Waals surface area contributed by atoms with Gasteiger partial charge in [-0.25, -0.2) is 4.79 Å². The van der Waals surface area contributed by atoms with E-state index in [1.807, 2.05) is 56.1 Å². The molecular formula is C24H36N2O4. The van der Waals surface area contributed by atoms with E-state index in [0.29, 0.717) is 19.8 Å². The molecule has 1 aliphatic carbocycles. The highest BCUT2D eigenvalue weighted by Gasteiger charge is 2.48. The summed E-state index contributed by atoms with van der Waals surface area (Å²) in [6.07, 6.45) is 15.5. The van der Waals surface area contributed by atoms with Crippen LogP contribution >= 0.6 is 0 Å². The number of rotatable bonds is 7. The maximum absolute atomic E-state index is 11.7. The molecule has 6 heteroatoms. The van der Waals surface area contributed by atoms with Crippen molar-refractivity contribution in [1.82, 2.24) is 10.2 Å². The lowest BCUT2D eigenvalue weighted by molar-refractivity contribution is -0.171. The van der Waals surface area contributed by atoms with Gasteiger partial charge < -0.3 is 19.7 Å². The van der Waals surface area contributed by atoms with Gasteiger partial charge >= 0.3 is 6.09 Å². The molecule has 2 heterocycles. The molecule has 0 aromatic rings. The van der Waals surface area contributed by atoms with Crippen molar-refractivity contribution in [3.05, 3.63) is 48.1 Å². The van der Waals surface area contributed by atoms with Crippen LogP contribution in [0.5, 0.6) is 0 Å². The molecule has 0 bridgehead atoms. The Morgan fingerprint density at radius 1 is 1.17 bits per heavy atom. The number of ether oxygens (including phenoxy) is 2. The predicted octanol–water partition coefficient (Wildman–Crippen LogP) is 4.01. The number of hydrogen-bond donors (Lipinski definition) is 1. The molecule has 0 spiro atoms. The van der Waals surface area contributed by atoms with Crippen LogP contribution in [0.2, 0.25) is 0 Å². The normalized spacial score (nSPS) is 24.4. The Balaban J connectivity index is 0.000000214. The Kier molecular flexibility index (Phi) is 9.37. The zero-order valence-electron chi connectivity index (χ0n) is 18.7. The molecule has 3 aliphatic rings. The minimum absolute atomic E-state index is 0.0580. The fourth-order valence-corrected chi connectivity index (χ4v) is 3.35. The van der Waals surface area contributed by atoms with E-state index in [4.69, 9.17) is 9.47 Å². The lowest BCUT2D eigenvalue weighted by Crippen LogP contribution is -2.52. The summed E-state index contributed by atoms with van der Waals surface area (Å²) in [7, 11) is 0. The molecule has 3 fully saturated rings. The first-order valence-electron chi connectivity index (χ1n) is 10.9. The number of allylic oxidation sites excluding steroid dienone is 7. The first kappa shape index (κ1) is 23.9. The molecule has 30 heavy (non-hydrogen) atoms. The van der Waals surface area contributed by atoms with Crippen LogP contribution in [0.15, 0.2) is 48.1 Å². The molecule has 2 amide bonds. The number of amides is 2. The van der Waals surface area contributed by atoms with Gasteiger partial charge in [-0.1, -0.05) is 37.3 Å². The van der Waals surface area contributed by atoms with E-state index in [-0.39, 0.29) is 17.6 Å². The summed E-state index contributed by atoms with van der Waals surface area (Å²) >= 11 is 0. The van der Waals surface area contributed by atoms with E-state index >= 15 is 0 Å². The molecule has 0 aromatic heterocycles. The van der Waals surface area contributed by atoms with Crippen molar-refractivity contribution in [2.24, 2.45) is 11.8 Å². The Hall–Kier alpha value is -2.34. The van der Waals surface area contributed by atoms with Gasteiger partial charge in [0, 0.05) is 25.7 Å². The molecule has 1 N–H and O–H groups in total. The zero-order chi connectivity index (χ0) is 22.0. The van der Waals surface area contributed by atoms with Crippen LogP contribution in [0.1, 0.15) is 40.5 Å². The maximum Gasteiger partial charge on any atom is 0.410 e. The van der Waals surface area contributed by atoms with Crippen molar-refractivity contribution >= 4 is 12.0 Å². The van der Waals surface area contributed by atoms with Gasteiger partial charge in [0.05, 0.1) is 13.2 Å². The minimum atomic E-state index is -0.357. The lowest BCUT2D eigenvalue weighted by Gasteiger charge is -2.38. The highest BCUT2D eigenvalue weighted by molar-refractivity contribution is 5.88. The molecule has 0 radical (unpaired) electrons. The number of hydrogen-bond acceptors (Lipinski definition) is 4. The van der Waals surface area contributed by atoms with Crippen LogP contribution in [-0.2, 0) is 14.3 Å². The van der Waals surface area contributed by atoms with Crippen molar-refractivity contribution in [3.8, 4) is 0 Å². The van der Waals surface area contributed by atoms with Gasteiger partial charge in [-0.2, -0.15) is 0 Å². The monoisotopic (exact) mass is 416 g/mol. The third kappa shape index (κ3) is 7.82. The molecule has 2 atom stereocenters. The van der Waals surface area contributed by atoms with E-state index in [9.17, 15) is 9.59 Å². The van der Waals surface area contributed by atoms with Crippen LogP contribution in [0.3, 0.4) is 0 Å². The summed E-state index contributed by atoms with van der Waals surface area (Å²) in [5, 5.41) is 2.72. The molecule has 0 aromatic carbocycles. The number of likely N-dealkylation sites (tertiary alicyclic amines) is 1. The predicted molar refractivity (Wildman–Crippen MR) is 119 cm³/mol. The zero-order valence-corrected chi connectivity index (χ0v) is 18.7. The van der Waals surface area contributed by atoms with Crippen molar-refractivity contribution in [2.45, 2.75) is 46.1 Å². The fourth-order valence-electron chi connectivity index (χ4n) is 3.35. The number of carbonyl (C=O) groups is 2. The molecular weight excluding hydrogens is 380 g/mol. The summed E-state index contributed by atoms with van der Waals surface area (Å²) in [5.41, 5.74) is 0.655. The van der Waals surface area contributed by atoms with Crippen molar-refractivity contribution in [2.75, 3.05) is 32.8 Å². The van der Waals surface area contributed by atoms with Gasteiger partial charge in [-0.15, -0.1) is 0 Å². The Morgan fingerprint density at radius 2 is 1.87 bits per heavy atom. The summed E-state index contributed by atoms with van der Waals surface area (Å²) in [5.74, 6) is 1.48. The number of nitrogens with one attached hydrogen (secondary N) is 1. The van der Waals surface area contributed by atoms with Crippen LogP contribution < -0.4 is 5.32 Å². The van der Waals surface area contributed by atoms with Gasteiger partial charge in [-0.05, 0) is 57.1 Å². The van der Waals surface area contributed by atoms with Crippen molar-refractivity contribution < 1.29 is 19.1 Å². The van der Waals surface area contributed by atoms with Crippen LogP contribution in [0.25, 0.3) is 0 Å². The van der Waals surface area contributed by atoms with Crippen molar-refractivity contribution in [3.63, 3.8) is 0 Å².